The van der Waals surface area contributed by atoms with E-state index in [-0.39, 0.29) is 0 Å². The molecule has 9 nitrogen and oxygen atoms in total. The van der Waals surface area contributed by atoms with Crippen molar-refractivity contribution in [1.82, 2.24) is 4.90 Å². The number of rotatable bonds is 7. The molecule has 0 amide bonds. The summed E-state index contributed by atoms with van der Waals surface area (Å²) in [5, 5.41) is 42.6. The first kappa shape index (κ1) is 25.9. The van der Waals surface area contributed by atoms with Crippen molar-refractivity contribution < 1.29 is 34.4 Å². The van der Waals surface area contributed by atoms with Gasteiger partial charge in [-0.2, -0.15) is 5.26 Å². The average molecular weight is 481 g/mol. The second-order valence-corrected chi connectivity index (χ2v) is 8.50. The third kappa shape index (κ3) is 6.67. The molecule has 1 aromatic heterocycles. The fourth-order valence-corrected chi connectivity index (χ4v) is 3.99. The van der Waals surface area contributed by atoms with Crippen molar-refractivity contribution in [2.24, 2.45) is 0 Å². The van der Waals surface area contributed by atoms with E-state index in [1.807, 2.05) is 30.3 Å². The van der Waals surface area contributed by atoms with Crippen molar-refractivity contribution in [3.63, 3.8) is 0 Å². The Morgan fingerprint density at radius 1 is 1.06 bits per heavy atom. The van der Waals surface area contributed by atoms with Gasteiger partial charge in [0.2, 0.25) is 0 Å². The Kier molecular flexibility index (Phi) is 8.60. The van der Waals surface area contributed by atoms with Crippen LogP contribution in [0.15, 0.2) is 52.9 Å². The second kappa shape index (κ2) is 11.6. The normalized spacial score (nSPS) is 17.3. The quantitative estimate of drug-likeness (QED) is 0.399. The second-order valence-electron chi connectivity index (χ2n) is 8.50. The number of benzene rings is 2. The molecule has 0 aliphatic carbocycles. The van der Waals surface area contributed by atoms with E-state index in [2.05, 4.69) is 36.1 Å². The SMILES string of the molecule is C[C@H]1CCCN1CCc1cc2cc(-c3ccc(C#N)cc3)ccc2o1.O=C(O)[C@@H](O)[C@H](O)C(=O)O. The van der Waals surface area contributed by atoms with Gasteiger partial charge in [-0.25, -0.2) is 9.59 Å². The van der Waals surface area contributed by atoms with Crippen LogP contribution in [0.3, 0.4) is 0 Å². The van der Waals surface area contributed by atoms with Gasteiger partial charge in [0.05, 0.1) is 11.6 Å². The van der Waals surface area contributed by atoms with Crippen LogP contribution in [-0.2, 0) is 16.0 Å². The molecule has 1 aliphatic heterocycles. The van der Waals surface area contributed by atoms with Gasteiger partial charge in [0.25, 0.3) is 0 Å². The Bertz CT molecular complexity index is 1190. The van der Waals surface area contributed by atoms with Crippen LogP contribution in [0, 0.1) is 11.3 Å². The van der Waals surface area contributed by atoms with Crippen LogP contribution in [0.4, 0.5) is 0 Å². The van der Waals surface area contributed by atoms with Gasteiger partial charge in [0.1, 0.15) is 11.3 Å². The van der Waals surface area contributed by atoms with Gasteiger partial charge in [-0.05, 0) is 67.8 Å². The molecule has 9 heteroatoms. The number of fused-ring (bicyclic) bond motifs is 1. The third-order valence-corrected chi connectivity index (χ3v) is 6.06. The first-order valence-corrected chi connectivity index (χ1v) is 11.3. The maximum absolute atomic E-state index is 9.77. The number of aliphatic carboxylic acids is 2. The predicted molar refractivity (Wildman–Crippen MR) is 128 cm³/mol. The standard InChI is InChI=1S/C22H22N2O.C4H6O6/c1-16-3-2-11-24(16)12-10-21-14-20-13-19(8-9-22(20)25-21)18-6-4-17(15-23)5-7-18;5-1(3(7)8)2(6)4(9)10/h4-9,13-14,16H,2-3,10-12H2,1H3;1-2,5-6H,(H,7,8)(H,9,10)/t16-;1-,2-/m00/s1. The predicted octanol–water partition coefficient (Wildman–Crippen LogP) is 2.88. The maximum atomic E-state index is 9.77. The monoisotopic (exact) mass is 480 g/mol. The zero-order valence-corrected chi connectivity index (χ0v) is 19.3. The molecule has 0 radical (unpaired) electrons. The van der Waals surface area contributed by atoms with Crippen molar-refractivity contribution in [3.8, 4) is 17.2 Å². The van der Waals surface area contributed by atoms with Gasteiger partial charge in [-0.3, -0.25) is 0 Å². The fourth-order valence-electron chi connectivity index (χ4n) is 3.99. The summed E-state index contributed by atoms with van der Waals surface area (Å²) in [7, 11) is 0. The number of carboxylic acids is 2. The van der Waals surface area contributed by atoms with Crippen LogP contribution in [-0.4, -0.2) is 68.6 Å². The third-order valence-electron chi connectivity index (χ3n) is 6.06. The number of nitriles is 1. The highest BCUT2D eigenvalue weighted by Gasteiger charge is 2.29. The molecule has 4 rings (SSSR count). The van der Waals surface area contributed by atoms with E-state index in [0.717, 1.165) is 40.8 Å². The smallest absolute Gasteiger partial charge is 0.335 e. The summed E-state index contributed by atoms with van der Waals surface area (Å²) in [5.74, 6) is -2.48. The topological polar surface area (TPSA) is 155 Å². The molecule has 0 unspecified atom stereocenters. The Morgan fingerprint density at radius 3 is 2.23 bits per heavy atom. The molecule has 0 spiro atoms. The van der Waals surface area contributed by atoms with Gasteiger partial charge in [0.15, 0.2) is 12.2 Å². The summed E-state index contributed by atoms with van der Waals surface area (Å²) in [5.41, 5.74) is 3.90. The van der Waals surface area contributed by atoms with Crippen molar-refractivity contribution in [3.05, 3.63) is 59.9 Å². The Labute approximate surface area is 202 Å². The molecular weight excluding hydrogens is 452 g/mol. The van der Waals surface area contributed by atoms with E-state index in [1.165, 1.54) is 19.4 Å². The van der Waals surface area contributed by atoms with Crippen molar-refractivity contribution in [2.75, 3.05) is 13.1 Å². The number of nitrogens with zero attached hydrogens (tertiary/aromatic N) is 2. The minimum Gasteiger partial charge on any atom is -0.479 e. The van der Waals surface area contributed by atoms with Gasteiger partial charge < -0.3 is 29.7 Å². The molecule has 3 atom stereocenters. The van der Waals surface area contributed by atoms with Crippen molar-refractivity contribution in [2.45, 2.75) is 44.4 Å². The van der Waals surface area contributed by atoms with Gasteiger partial charge in [-0.1, -0.05) is 18.2 Å². The van der Waals surface area contributed by atoms with Crippen LogP contribution in [0.2, 0.25) is 0 Å². The maximum Gasteiger partial charge on any atom is 0.335 e. The highest BCUT2D eigenvalue weighted by Crippen LogP contribution is 2.27. The number of hydrogen-bond acceptors (Lipinski definition) is 7. The molecule has 3 aromatic rings. The summed E-state index contributed by atoms with van der Waals surface area (Å²) in [6.07, 6.45) is -0.941. The summed E-state index contributed by atoms with van der Waals surface area (Å²) in [6.45, 7) is 4.60. The minimum absolute atomic E-state index is 0.687. The van der Waals surface area contributed by atoms with E-state index >= 15 is 0 Å². The van der Waals surface area contributed by atoms with E-state index < -0.39 is 24.1 Å². The largest absolute Gasteiger partial charge is 0.479 e. The van der Waals surface area contributed by atoms with Crippen molar-refractivity contribution >= 4 is 22.9 Å². The summed E-state index contributed by atoms with van der Waals surface area (Å²) >= 11 is 0. The molecule has 4 N–H and O–H groups in total. The molecule has 184 valence electrons. The number of aliphatic hydroxyl groups excluding tert-OH is 2. The number of aliphatic hydroxyl groups is 2. The molecule has 1 fully saturated rings. The van der Waals surface area contributed by atoms with Crippen LogP contribution in [0.25, 0.3) is 22.1 Å². The molecular formula is C26H28N2O7. The Balaban J connectivity index is 0.000000292. The molecule has 2 aromatic carbocycles. The number of furan rings is 1. The molecule has 0 bridgehead atoms. The van der Waals surface area contributed by atoms with E-state index in [0.29, 0.717) is 11.6 Å². The Hall–Kier alpha value is -3.71. The molecule has 1 aliphatic rings. The Morgan fingerprint density at radius 2 is 1.69 bits per heavy atom. The fraction of sp³-hybridized carbons (Fsp3) is 0.346. The summed E-state index contributed by atoms with van der Waals surface area (Å²) in [4.78, 5) is 22.1. The molecule has 0 saturated carbocycles. The average Bonchev–Trinajstić information content (AvgIpc) is 3.46. The first-order valence-electron chi connectivity index (χ1n) is 11.3. The van der Waals surface area contributed by atoms with Crippen molar-refractivity contribution in [1.29, 1.82) is 5.26 Å². The van der Waals surface area contributed by atoms with E-state index in [9.17, 15) is 9.59 Å². The van der Waals surface area contributed by atoms with Crippen LogP contribution in [0.1, 0.15) is 31.1 Å². The minimum atomic E-state index is -2.27. The van der Waals surface area contributed by atoms with E-state index in [1.54, 1.807) is 0 Å². The first-order chi connectivity index (χ1) is 16.7. The lowest BCUT2D eigenvalue weighted by Gasteiger charge is -2.19. The summed E-state index contributed by atoms with van der Waals surface area (Å²) in [6, 6.07) is 19.0. The van der Waals surface area contributed by atoms with Crippen LogP contribution < -0.4 is 0 Å². The molecule has 35 heavy (non-hydrogen) atoms. The molecule has 1 saturated heterocycles. The lowest BCUT2D eigenvalue weighted by molar-refractivity contribution is -0.165. The zero-order chi connectivity index (χ0) is 25.5. The van der Waals surface area contributed by atoms with Crippen LogP contribution >= 0.6 is 0 Å². The number of carbonyl (C=O) groups is 2. The van der Waals surface area contributed by atoms with Gasteiger partial charge >= 0.3 is 11.9 Å². The number of likely N-dealkylation sites (tertiary alicyclic amines) is 1. The summed E-state index contributed by atoms with van der Waals surface area (Å²) < 4.78 is 6.02. The highest BCUT2D eigenvalue weighted by molar-refractivity contribution is 5.84. The van der Waals surface area contributed by atoms with Crippen LogP contribution in [0.5, 0.6) is 0 Å². The highest BCUT2D eigenvalue weighted by atomic mass is 16.4. The zero-order valence-electron chi connectivity index (χ0n) is 19.3. The lowest BCUT2D eigenvalue weighted by Crippen LogP contribution is -2.39. The van der Waals surface area contributed by atoms with E-state index in [4.69, 9.17) is 30.1 Å². The van der Waals surface area contributed by atoms with Gasteiger partial charge in [0, 0.05) is 24.4 Å². The number of carboxylic acid groups (broad SMARTS) is 2. The number of hydrogen-bond donors (Lipinski definition) is 4. The van der Waals surface area contributed by atoms with Gasteiger partial charge in [-0.15, -0.1) is 0 Å². The molecule has 2 heterocycles. The lowest BCUT2D eigenvalue weighted by atomic mass is 10.0.